The lowest BCUT2D eigenvalue weighted by molar-refractivity contribution is -0.208. The molecular weight excluding hydrogens is 354 g/mol. The highest BCUT2D eigenvalue weighted by Crippen LogP contribution is 2.39. The molecule has 10 heteroatoms. The number of ether oxygens (including phenoxy) is 5. The number of nitrogens with zero attached hydrogens (tertiary/aromatic N) is 1. The second-order valence-corrected chi connectivity index (χ2v) is 6.73. The average molecular weight is 375 g/mol. The Hall–Kier alpha value is -1.65. The van der Waals surface area contributed by atoms with Crippen molar-refractivity contribution in [1.82, 2.24) is 0 Å². The van der Waals surface area contributed by atoms with Gasteiger partial charge in [0.2, 0.25) is 0 Å². The maximum absolute atomic E-state index is 11.5. The number of carbonyl (C=O) groups excluding carboxylic acids is 3. The fourth-order valence-electron chi connectivity index (χ4n) is 2.64. The van der Waals surface area contributed by atoms with Crippen LogP contribution >= 0.6 is 11.8 Å². The lowest BCUT2D eigenvalue weighted by atomic mass is 9.98. The number of hydrogen-bond acceptors (Lipinski definition) is 10. The zero-order valence-corrected chi connectivity index (χ0v) is 15.2. The van der Waals surface area contributed by atoms with Gasteiger partial charge in [-0.2, -0.15) is 0 Å². The number of fused-ring (bicyclic) bond motifs is 1. The third-order valence-corrected chi connectivity index (χ3v) is 4.60. The molecule has 2 rings (SSSR count). The Bertz CT molecular complexity index is 566. The van der Waals surface area contributed by atoms with Gasteiger partial charge in [-0.05, 0) is 0 Å². The van der Waals surface area contributed by atoms with Crippen LogP contribution in [0.3, 0.4) is 0 Å². The number of aliphatic imine (C=N–C) groups is 1. The standard InChI is InChI=1S/C15H21NO8S/c1-7(17)21-5-10-13(22-8(2)18)14(23-9(3)19)12-15(24-10)25-11(16-12)6-20-4/h10,12-15H,5-6H2,1-4H3/t10-,12?,13-,14-,15?/m1/s1. The Labute approximate surface area is 149 Å². The molecule has 0 N–H and O–H groups in total. The van der Waals surface area contributed by atoms with E-state index in [0.29, 0.717) is 11.7 Å². The van der Waals surface area contributed by atoms with Crippen LogP contribution in [0.25, 0.3) is 0 Å². The zero-order chi connectivity index (χ0) is 18.6. The van der Waals surface area contributed by atoms with E-state index in [1.165, 1.54) is 32.5 Å². The molecule has 0 aromatic rings. The summed E-state index contributed by atoms with van der Waals surface area (Å²) in [4.78, 5) is 38.6. The van der Waals surface area contributed by atoms with Crippen molar-refractivity contribution in [3.05, 3.63) is 0 Å². The van der Waals surface area contributed by atoms with Gasteiger partial charge in [0.25, 0.3) is 0 Å². The van der Waals surface area contributed by atoms with Crippen molar-refractivity contribution in [2.24, 2.45) is 4.99 Å². The van der Waals surface area contributed by atoms with Crippen molar-refractivity contribution in [2.45, 2.75) is 50.6 Å². The molecule has 0 aromatic heterocycles. The molecule has 1 fully saturated rings. The highest BCUT2D eigenvalue weighted by Gasteiger charge is 2.53. The molecule has 25 heavy (non-hydrogen) atoms. The van der Waals surface area contributed by atoms with E-state index in [-0.39, 0.29) is 6.61 Å². The highest BCUT2D eigenvalue weighted by atomic mass is 32.2. The van der Waals surface area contributed by atoms with Crippen molar-refractivity contribution in [2.75, 3.05) is 20.3 Å². The molecule has 0 bridgehead atoms. The maximum atomic E-state index is 11.5. The van der Waals surface area contributed by atoms with Crippen LogP contribution in [0, 0.1) is 0 Å². The van der Waals surface area contributed by atoms with Crippen LogP contribution in [-0.2, 0) is 38.1 Å². The number of esters is 3. The first kappa shape index (κ1) is 19.7. The van der Waals surface area contributed by atoms with E-state index >= 15 is 0 Å². The third kappa shape index (κ3) is 5.16. The van der Waals surface area contributed by atoms with Gasteiger partial charge < -0.3 is 23.7 Å². The molecule has 2 heterocycles. The summed E-state index contributed by atoms with van der Waals surface area (Å²) in [5, 5.41) is 0.685. The van der Waals surface area contributed by atoms with Gasteiger partial charge in [-0.25, -0.2) is 0 Å². The number of thioether (sulfide) groups is 1. The molecule has 0 aliphatic carbocycles. The first-order valence-electron chi connectivity index (χ1n) is 7.67. The second kappa shape index (κ2) is 8.63. The molecular formula is C15H21NO8S. The SMILES string of the molecule is COCC1=NC2C(O[C@H](COC(C)=O)[C@@H](OC(C)=O)[C@@H]2OC(C)=O)S1. The molecule has 9 nitrogen and oxygen atoms in total. The third-order valence-electron chi connectivity index (χ3n) is 3.48. The van der Waals surface area contributed by atoms with Gasteiger partial charge in [0.15, 0.2) is 12.2 Å². The van der Waals surface area contributed by atoms with Crippen molar-refractivity contribution in [3.8, 4) is 0 Å². The van der Waals surface area contributed by atoms with Gasteiger partial charge in [0.05, 0.1) is 11.7 Å². The topological polar surface area (TPSA) is 110 Å². The number of carbonyl (C=O) groups is 3. The van der Waals surface area contributed by atoms with E-state index in [9.17, 15) is 14.4 Å². The summed E-state index contributed by atoms with van der Waals surface area (Å²) in [6, 6.07) is -0.544. The minimum atomic E-state index is -0.937. The Kier molecular flexibility index (Phi) is 6.79. The highest BCUT2D eigenvalue weighted by molar-refractivity contribution is 8.14. The predicted octanol–water partition coefficient (Wildman–Crippen LogP) is 0.298. The Balaban J connectivity index is 2.27. The molecule has 140 valence electrons. The fraction of sp³-hybridized carbons (Fsp3) is 0.733. The first-order valence-corrected chi connectivity index (χ1v) is 8.55. The lowest BCUT2D eigenvalue weighted by Gasteiger charge is -2.41. The van der Waals surface area contributed by atoms with Crippen molar-refractivity contribution in [1.29, 1.82) is 0 Å². The summed E-state index contributed by atoms with van der Waals surface area (Å²) in [7, 11) is 1.54. The molecule has 2 aliphatic heterocycles. The average Bonchev–Trinajstić information content (AvgIpc) is 2.89. The van der Waals surface area contributed by atoms with Crippen LogP contribution in [-0.4, -0.2) is 73.1 Å². The van der Waals surface area contributed by atoms with Crippen LogP contribution in [0.4, 0.5) is 0 Å². The molecule has 1 saturated heterocycles. The smallest absolute Gasteiger partial charge is 0.303 e. The second-order valence-electron chi connectivity index (χ2n) is 5.56. The van der Waals surface area contributed by atoms with E-state index in [1.54, 1.807) is 7.11 Å². The minimum Gasteiger partial charge on any atom is -0.463 e. The normalized spacial score (nSPS) is 30.9. The zero-order valence-electron chi connectivity index (χ0n) is 14.4. The van der Waals surface area contributed by atoms with Crippen molar-refractivity contribution in [3.63, 3.8) is 0 Å². The van der Waals surface area contributed by atoms with Gasteiger partial charge >= 0.3 is 17.9 Å². The van der Waals surface area contributed by atoms with Crippen LogP contribution in [0.2, 0.25) is 0 Å². The van der Waals surface area contributed by atoms with Gasteiger partial charge in [0.1, 0.15) is 24.2 Å². The van der Waals surface area contributed by atoms with E-state index in [0.717, 1.165) is 0 Å². The molecule has 0 aromatic carbocycles. The molecule has 0 spiro atoms. The molecule has 2 unspecified atom stereocenters. The van der Waals surface area contributed by atoms with E-state index < -0.39 is 47.7 Å². The summed E-state index contributed by atoms with van der Waals surface area (Å²) in [5.41, 5.74) is -0.457. The lowest BCUT2D eigenvalue weighted by Crippen LogP contribution is -2.59. The Morgan fingerprint density at radius 3 is 2.28 bits per heavy atom. The van der Waals surface area contributed by atoms with Crippen molar-refractivity contribution >= 4 is 34.7 Å². The van der Waals surface area contributed by atoms with Crippen molar-refractivity contribution < 1.29 is 38.1 Å². The summed E-state index contributed by atoms with van der Waals surface area (Å²) in [5.74, 6) is -1.59. The molecule has 0 radical (unpaired) electrons. The monoisotopic (exact) mass is 375 g/mol. The fourth-order valence-corrected chi connectivity index (χ4v) is 3.83. The van der Waals surface area contributed by atoms with Gasteiger partial charge in [-0.15, -0.1) is 0 Å². The Morgan fingerprint density at radius 1 is 1.08 bits per heavy atom. The van der Waals surface area contributed by atoms with Crippen LogP contribution < -0.4 is 0 Å². The summed E-state index contributed by atoms with van der Waals surface area (Å²) in [6.45, 7) is 3.93. The van der Waals surface area contributed by atoms with E-state index in [2.05, 4.69) is 4.99 Å². The number of methoxy groups -OCH3 is 1. The van der Waals surface area contributed by atoms with Crippen LogP contribution in [0.1, 0.15) is 20.8 Å². The van der Waals surface area contributed by atoms with E-state index in [1.807, 2.05) is 0 Å². The summed E-state index contributed by atoms with van der Waals surface area (Å²) >= 11 is 1.34. The number of rotatable bonds is 6. The summed E-state index contributed by atoms with van der Waals surface area (Å²) in [6.07, 6.45) is -2.56. The van der Waals surface area contributed by atoms with Gasteiger partial charge in [-0.3, -0.25) is 19.4 Å². The first-order chi connectivity index (χ1) is 11.8. The molecule has 0 saturated carbocycles. The van der Waals surface area contributed by atoms with Gasteiger partial charge in [0, 0.05) is 27.9 Å². The largest absolute Gasteiger partial charge is 0.463 e. The predicted molar refractivity (Wildman–Crippen MR) is 87.1 cm³/mol. The van der Waals surface area contributed by atoms with E-state index in [4.69, 9.17) is 23.7 Å². The summed E-state index contributed by atoms with van der Waals surface area (Å²) < 4.78 is 26.7. The van der Waals surface area contributed by atoms with Crippen LogP contribution in [0.15, 0.2) is 4.99 Å². The molecule has 0 amide bonds. The van der Waals surface area contributed by atoms with Crippen LogP contribution in [0.5, 0.6) is 0 Å². The quantitative estimate of drug-likeness (QED) is 0.478. The minimum absolute atomic E-state index is 0.131. The number of hydrogen-bond donors (Lipinski definition) is 0. The Morgan fingerprint density at radius 2 is 1.72 bits per heavy atom. The molecule has 5 atom stereocenters. The van der Waals surface area contributed by atoms with Gasteiger partial charge in [-0.1, -0.05) is 11.8 Å². The maximum Gasteiger partial charge on any atom is 0.303 e. The molecule has 2 aliphatic rings.